The zero-order valence-electron chi connectivity index (χ0n) is 14.0. The van der Waals surface area contributed by atoms with Crippen molar-refractivity contribution in [2.45, 2.75) is 19.4 Å². The highest BCUT2D eigenvalue weighted by Crippen LogP contribution is 2.17. The summed E-state index contributed by atoms with van der Waals surface area (Å²) in [5.41, 5.74) is 7.23. The van der Waals surface area contributed by atoms with Crippen LogP contribution in [-0.2, 0) is 4.79 Å². The highest BCUT2D eigenvalue weighted by molar-refractivity contribution is 5.97. The van der Waals surface area contributed by atoms with E-state index in [1.165, 1.54) is 0 Å². The molecule has 0 saturated carbocycles. The van der Waals surface area contributed by atoms with E-state index in [1.54, 1.807) is 56.3 Å². The van der Waals surface area contributed by atoms with Gasteiger partial charge in [0.15, 0.2) is 0 Å². The first-order chi connectivity index (χ1) is 11.9. The number of nitrogens with zero attached hydrogens (tertiary/aromatic N) is 2. The van der Waals surface area contributed by atoms with Gasteiger partial charge in [0.25, 0.3) is 0 Å². The Morgan fingerprint density at radius 1 is 1.20 bits per heavy atom. The number of ether oxygens (including phenoxy) is 1. The minimum atomic E-state index is -1.25. The molecule has 0 aromatic heterocycles. The first kappa shape index (κ1) is 18.0. The Morgan fingerprint density at radius 3 is 2.44 bits per heavy atom. The van der Waals surface area contributed by atoms with E-state index in [0.717, 1.165) is 5.56 Å². The molecule has 1 amide bonds. The third-order valence-corrected chi connectivity index (χ3v) is 3.65. The number of rotatable bonds is 5. The van der Waals surface area contributed by atoms with Crippen LogP contribution in [0, 0.1) is 29.6 Å². The molecule has 0 saturated heterocycles. The van der Waals surface area contributed by atoms with Gasteiger partial charge in [0, 0.05) is 5.69 Å². The maximum atomic E-state index is 12.4. The van der Waals surface area contributed by atoms with E-state index in [4.69, 9.17) is 21.0 Å². The van der Waals surface area contributed by atoms with E-state index in [0.29, 0.717) is 22.6 Å². The maximum absolute atomic E-state index is 12.4. The number of carbonyl (C=O) groups excluding carboxylic acids is 1. The van der Waals surface area contributed by atoms with Crippen molar-refractivity contribution in [3.05, 3.63) is 59.2 Å². The number of carbonyl (C=O) groups is 1. The second-order valence-corrected chi connectivity index (χ2v) is 5.94. The number of nitrogens with two attached hydrogens (primary N) is 1. The molecule has 0 fully saturated rings. The quantitative estimate of drug-likeness (QED) is 0.872. The molecule has 0 aliphatic heterocycles. The SMILES string of the molecule is Cc1cc(NC(=O)[C@@](C)(N)COc2ccc(C#N)cc2)ccc1C#N. The van der Waals surface area contributed by atoms with E-state index in [-0.39, 0.29) is 6.61 Å². The Kier molecular flexibility index (Phi) is 5.38. The summed E-state index contributed by atoms with van der Waals surface area (Å²) in [6, 6.07) is 15.7. The second kappa shape index (κ2) is 7.48. The van der Waals surface area contributed by atoms with E-state index >= 15 is 0 Å². The fourth-order valence-electron chi connectivity index (χ4n) is 2.07. The van der Waals surface area contributed by atoms with Crippen LogP contribution < -0.4 is 15.8 Å². The molecule has 0 bridgehead atoms. The van der Waals surface area contributed by atoms with Crippen LogP contribution in [0.25, 0.3) is 0 Å². The van der Waals surface area contributed by atoms with Crippen molar-refractivity contribution in [2.24, 2.45) is 5.73 Å². The van der Waals surface area contributed by atoms with Gasteiger partial charge in [-0.05, 0) is 61.9 Å². The van der Waals surface area contributed by atoms with Gasteiger partial charge in [-0.3, -0.25) is 4.79 Å². The Hall–Kier alpha value is -3.35. The molecule has 25 heavy (non-hydrogen) atoms. The molecular weight excluding hydrogens is 316 g/mol. The molecule has 2 aromatic carbocycles. The topological polar surface area (TPSA) is 112 Å². The van der Waals surface area contributed by atoms with Gasteiger partial charge < -0.3 is 15.8 Å². The number of benzene rings is 2. The van der Waals surface area contributed by atoms with Gasteiger partial charge in [-0.2, -0.15) is 10.5 Å². The third kappa shape index (κ3) is 4.57. The van der Waals surface area contributed by atoms with E-state index in [1.807, 2.05) is 6.07 Å². The summed E-state index contributed by atoms with van der Waals surface area (Å²) < 4.78 is 5.55. The summed E-state index contributed by atoms with van der Waals surface area (Å²) in [6.45, 7) is 3.34. The van der Waals surface area contributed by atoms with Crippen molar-refractivity contribution < 1.29 is 9.53 Å². The average Bonchev–Trinajstić information content (AvgIpc) is 2.60. The van der Waals surface area contributed by atoms with E-state index < -0.39 is 11.4 Å². The van der Waals surface area contributed by atoms with Crippen molar-refractivity contribution in [2.75, 3.05) is 11.9 Å². The summed E-state index contributed by atoms with van der Waals surface area (Å²) in [4.78, 5) is 12.4. The Bertz CT molecular complexity index is 858. The zero-order chi connectivity index (χ0) is 18.4. The predicted octanol–water partition coefficient (Wildman–Crippen LogP) is 2.47. The molecule has 1 atom stereocenters. The molecule has 0 radical (unpaired) electrons. The predicted molar refractivity (Wildman–Crippen MR) is 93.8 cm³/mol. The molecule has 0 aliphatic rings. The van der Waals surface area contributed by atoms with Gasteiger partial charge >= 0.3 is 0 Å². The van der Waals surface area contributed by atoms with Crippen LogP contribution >= 0.6 is 0 Å². The third-order valence-electron chi connectivity index (χ3n) is 3.65. The normalized spacial score (nSPS) is 12.4. The minimum absolute atomic E-state index is 0.0278. The molecular formula is C19H18N4O2. The van der Waals surface area contributed by atoms with Crippen molar-refractivity contribution in [3.63, 3.8) is 0 Å². The molecule has 2 aromatic rings. The first-order valence-corrected chi connectivity index (χ1v) is 7.60. The molecule has 6 heteroatoms. The van der Waals surface area contributed by atoms with Gasteiger partial charge in [-0.15, -0.1) is 0 Å². The number of hydrogen-bond acceptors (Lipinski definition) is 5. The van der Waals surface area contributed by atoms with Gasteiger partial charge in [0.1, 0.15) is 17.9 Å². The monoisotopic (exact) mass is 334 g/mol. The number of aryl methyl sites for hydroxylation is 1. The lowest BCUT2D eigenvalue weighted by molar-refractivity contribution is -0.121. The standard InChI is InChI=1S/C19H18N4O2/c1-13-9-16(6-5-15(13)11-21)23-18(24)19(2,22)12-25-17-7-3-14(10-20)4-8-17/h3-9H,12,22H2,1-2H3,(H,23,24)/t19-/m0/s1. The lowest BCUT2D eigenvalue weighted by Gasteiger charge is -2.24. The molecule has 0 spiro atoms. The number of anilines is 1. The van der Waals surface area contributed by atoms with Crippen LogP contribution in [-0.4, -0.2) is 18.1 Å². The van der Waals surface area contributed by atoms with Crippen molar-refractivity contribution in [1.29, 1.82) is 10.5 Å². The first-order valence-electron chi connectivity index (χ1n) is 7.60. The number of hydrogen-bond donors (Lipinski definition) is 2. The van der Waals surface area contributed by atoms with E-state index in [2.05, 4.69) is 11.4 Å². The molecule has 126 valence electrons. The van der Waals surface area contributed by atoms with Crippen LogP contribution in [0.15, 0.2) is 42.5 Å². The number of nitriles is 2. The van der Waals surface area contributed by atoms with E-state index in [9.17, 15) is 4.79 Å². The van der Waals surface area contributed by atoms with Crippen molar-refractivity contribution in [3.8, 4) is 17.9 Å². The zero-order valence-corrected chi connectivity index (χ0v) is 14.0. The Morgan fingerprint density at radius 2 is 1.88 bits per heavy atom. The number of amides is 1. The largest absolute Gasteiger partial charge is 0.491 e. The molecule has 0 aliphatic carbocycles. The molecule has 2 rings (SSSR count). The van der Waals surface area contributed by atoms with Crippen LogP contribution in [0.1, 0.15) is 23.6 Å². The van der Waals surface area contributed by atoms with Crippen LogP contribution in [0.5, 0.6) is 5.75 Å². The van der Waals surface area contributed by atoms with Gasteiger partial charge in [-0.1, -0.05) is 0 Å². The van der Waals surface area contributed by atoms with Gasteiger partial charge in [0.05, 0.1) is 23.3 Å². The average molecular weight is 334 g/mol. The van der Waals surface area contributed by atoms with Crippen LogP contribution in [0.3, 0.4) is 0 Å². The second-order valence-electron chi connectivity index (χ2n) is 5.94. The highest BCUT2D eigenvalue weighted by Gasteiger charge is 2.29. The molecule has 0 unspecified atom stereocenters. The van der Waals surface area contributed by atoms with Crippen molar-refractivity contribution >= 4 is 11.6 Å². The Balaban J connectivity index is 2.00. The molecule has 3 N–H and O–H groups in total. The summed E-state index contributed by atoms with van der Waals surface area (Å²) in [5, 5.41) is 20.4. The highest BCUT2D eigenvalue weighted by atomic mass is 16.5. The van der Waals surface area contributed by atoms with Crippen molar-refractivity contribution in [1.82, 2.24) is 0 Å². The minimum Gasteiger partial charge on any atom is -0.491 e. The fourth-order valence-corrected chi connectivity index (χ4v) is 2.07. The molecule has 0 heterocycles. The lowest BCUT2D eigenvalue weighted by Crippen LogP contribution is -2.53. The summed E-state index contributed by atoms with van der Waals surface area (Å²) in [7, 11) is 0. The van der Waals surface area contributed by atoms with Gasteiger partial charge in [0.2, 0.25) is 5.91 Å². The Labute approximate surface area is 146 Å². The number of nitrogens with one attached hydrogen (secondary N) is 1. The maximum Gasteiger partial charge on any atom is 0.247 e. The summed E-state index contributed by atoms with van der Waals surface area (Å²) in [5.74, 6) is 0.128. The van der Waals surface area contributed by atoms with Gasteiger partial charge in [-0.25, -0.2) is 0 Å². The summed E-state index contributed by atoms with van der Waals surface area (Å²) in [6.07, 6.45) is 0. The molecule has 6 nitrogen and oxygen atoms in total. The van der Waals surface area contributed by atoms with Crippen LogP contribution in [0.4, 0.5) is 5.69 Å². The van der Waals surface area contributed by atoms with Crippen LogP contribution in [0.2, 0.25) is 0 Å². The fraction of sp³-hybridized carbons (Fsp3) is 0.211. The smallest absolute Gasteiger partial charge is 0.247 e. The lowest BCUT2D eigenvalue weighted by atomic mass is 10.0. The summed E-state index contributed by atoms with van der Waals surface area (Å²) >= 11 is 0.